The Labute approximate surface area is 242 Å². The van der Waals surface area contributed by atoms with Gasteiger partial charge in [-0.05, 0) is 74.2 Å². The standard InChI is InChI=1S/C38H24S2/c1-2-7-25(8-3-1)26-13-15-27(16-14-26)28-17-19-29(20-18-28)34-23-24-36(39-34)31-21-22-37-38-32(10-6-11-33(31)38)30-9-4-5-12-35(30)40-37/h1-24H. The first-order valence-electron chi connectivity index (χ1n) is 13.5. The quantitative estimate of drug-likeness (QED) is 0.212. The van der Waals surface area contributed by atoms with Gasteiger partial charge in [0.05, 0.1) is 0 Å². The van der Waals surface area contributed by atoms with Crippen LogP contribution in [0.25, 0.3) is 65.0 Å². The van der Waals surface area contributed by atoms with E-state index >= 15 is 0 Å². The second kappa shape index (κ2) is 9.67. The van der Waals surface area contributed by atoms with Crippen molar-refractivity contribution in [1.82, 2.24) is 0 Å². The summed E-state index contributed by atoms with van der Waals surface area (Å²) in [6, 6.07) is 53.0. The summed E-state index contributed by atoms with van der Waals surface area (Å²) in [5.41, 5.74) is 10.2. The Morgan fingerprint density at radius 2 is 0.925 bits per heavy atom. The molecule has 0 saturated heterocycles. The van der Waals surface area contributed by atoms with Gasteiger partial charge in [-0.2, -0.15) is 0 Å². The van der Waals surface area contributed by atoms with E-state index in [4.69, 9.17) is 0 Å². The van der Waals surface area contributed by atoms with Crippen LogP contribution in [0.2, 0.25) is 0 Å². The van der Waals surface area contributed by atoms with Crippen molar-refractivity contribution in [2.75, 3.05) is 0 Å². The summed E-state index contributed by atoms with van der Waals surface area (Å²) < 4.78 is 0. The maximum absolute atomic E-state index is 2.31. The van der Waals surface area contributed by atoms with Gasteiger partial charge in [0.1, 0.15) is 0 Å². The van der Waals surface area contributed by atoms with Gasteiger partial charge in [0.15, 0.2) is 0 Å². The summed E-state index contributed by atoms with van der Waals surface area (Å²) in [6.45, 7) is 0. The summed E-state index contributed by atoms with van der Waals surface area (Å²) in [6.07, 6.45) is 0. The monoisotopic (exact) mass is 544 g/mol. The van der Waals surface area contributed by atoms with Crippen molar-refractivity contribution in [3.8, 4) is 54.3 Å². The number of hydrogen-bond donors (Lipinski definition) is 0. The van der Waals surface area contributed by atoms with E-state index < -0.39 is 0 Å². The number of fused-ring (bicyclic) bond motifs is 2. The fraction of sp³-hybridized carbons (Fsp3) is 0. The molecule has 0 fully saturated rings. The third kappa shape index (κ3) is 4.00. The van der Waals surface area contributed by atoms with Crippen molar-refractivity contribution >= 4 is 33.9 Å². The summed E-state index contributed by atoms with van der Waals surface area (Å²) in [7, 11) is 0. The Morgan fingerprint density at radius 3 is 1.68 bits per heavy atom. The highest BCUT2D eigenvalue weighted by Gasteiger charge is 2.20. The van der Waals surface area contributed by atoms with Crippen molar-refractivity contribution < 1.29 is 0 Å². The Kier molecular flexibility index (Phi) is 5.69. The van der Waals surface area contributed by atoms with Crippen LogP contribution < -0.4 is 0 Å². The third-order valence-electron chi connectivity index (χ3n) is 7.77. The number of benzene rings is 6. The Morgan fingerprint density at radius 1 is 0.325 bits per heavy atom. The van der Waals surface area contributed by atoms with Gasteiger partial charge in [-0.15, -0.1) is 11.3 Å². The molecule has 2 heteroatoms. The predicted octanol–water partition coefficient (Wildman–Crippen LogP) is 11.7. The van der Waals surface area contributed by atoms with Gasteiger partial charge in [-0.25, -0.2) is 0 Å². The Balaban J connectivity index is 1.10. The van der Waals surface area contributed by atoms with Crippen LogP contribution in [0, 0.1) is 0 Å². The van der Waals surface area contributed by atoms with Crippen molar-refractivity contribution in [3.05, 3.63) is 146 Å². The van der Waals surface area contributed by atoms with Crippen molar-refractivity contribution in [2.45, 2.75) is 9.79 Å². The highest BCUT2D eigenvalue weighted by molar-refractivity contribution is 7.99. The average molecular weight is 545 g/mol. The molecular weight excluding hydrogens is 521 g/mol. The lowest BCUT2D eigenvalue weighted by atomic mass is 9.94. The Bertz CT molecular complexity index is 2000. The summed E-state index contributed by atoms with van der Waals surface area (Å²) >= 11 is 3.75. The molecule has 1 aromatic heterocycles. The largest absolute Gasteiger partial charge is 0.135 e. The minimum absolute atomic E-state index is 1.24. The molecule has 1 aliphatic heterocycles. The van der Waals surface area contributed by atoms with Gasteiger partial charge < -0.3 is 0 Å². The third-order valence-corrected chi connectivity index (χ3v) is 10.1. The molecule has 0 nitrogen and oxygen atoms in total. The molecule has 1 aliphatic rings. The second-order valence-corrected chi connectivity index (χ2v) is 12.3. The molecule has 0 N–H and O–H groups in total. The lowest BCUT2D eigenvalue weighted by Crippen LogP contribution is -1.93. The van der Waals surface area contributed by atoms with Crippen LogP contribution in [0.3, 0.4) is 0 Å². The first kappa shape index (κ1) is 23.5. The molecule has 188 valence electrons. The first-order chi connectivity index (χ1) is 19.8. The van der Waals surface area contributed by atoms with Gasteiger partial charge >= 0.3 is 0 Å². The molecule has 0 unspecified atom stereocenters. The molecular formula is C38H24S2. The molecule has 8 rings (SSSR count). The normalized spacial score (nSPS) is 11.9. The molecule has 6 aromatic carbocycles. The zero-order chi connectivity index (χ0) is 26.5. The van der Waals surface area contributed by atoms with Gasteiger partial charge in [0.2, 0.25) is 0 Å². The van der Waals surface area contributed by atoms with Crippen LogP contribution in [0.5, 0.6) is 0 Å². The van der Waals surface area contributed by atoms with Crippen LogP contribution >= 0.6 is 23.1 Å². The summed E-state index contributed by atoms with van der Waals surface area (Å²) in [5.74, 6) is 0. The van der Waals surface area contributed by atoms with E-state index in [1.54, 1.807) is 0 Å². The molecule has 0 amide bonds. The van der Waals surface area contributed by atoms with Crippen LogP contribution in [0.4, 0.5) is 0 Å². The first-order valence-corrected chi connectivity index (χ1v) is 15.1. The number of rotatable bonds is 4. The average Bonchev–Trinajstić information content (AvgIpc) is 3.52. The molecule has 0 saturated carbocycles. The molecule has 7 aromatic rings. The minimum Gasteiger partial charge on any atom is -0.135 e. The van der Waals surface area contributed by atoms with E-state index in [-0.39, 0.29) is 0 Å². The fourth-order valence-electron chi connectivity index (χ4n) is 5.75. The van der Waals surface area contributed by atoms with Crippen LogP contribution in [0.15, 0.2) is 155 Å². The van der Waals surface area contributed by atoms with E-state index in [0.717, 1.165) is 0 Å². The van der Waals surface area contributed by atoms with E-state index in [1.165, 1.54) is 74.8 Å². The van der Waals surface area contributed by atoms with Crippen LogP contribution in [-0.4, -0.2) is 0 Å². The van der Waals surface area contributed by atoms with Crippen molar-refractivity contribution in [1.29, 1.82) is 0 Å². The zero-order valence-electron chi connectivity index (χ0n) is 21.7. The van der Waals surface area contributed by atoms with E-state index in [9.17, 15) is 0 Å². The van der Waals surface area contributed by atoms with Crippen LogP contribution in [-0.2, 0) is 0 Å². The number of thiophene rings is 1. The topological polar surface area (TPSA) is 0 Å². The number of hydrogen-bond acceptors (Lipinski definition) is 2. The molecule has 0 bridgehead atoms. The van der Waals surface area contributed by atoms with E-state index in [1.807, 2.05) is 23.1 Å². The van der Waals surface area contributed by atoms with Gasteiger partial charge in [0.25, 0.3) is 0 Å². The maximum atomic E-state index is 2.31. The van der Waals surface area contributed by atoms with E-state index in [2.05, 4.69) is 146 Å². The molecule has 0 radical (unpaired) electrons. The van der Waals surface area contributed by atoms with E-state index in [0.29, 0.717) is 0 Å². The predicted molar refractivity (Wildman–Crippen MR) is 173 cm³/mol. The smallest absolute Gasteiger partial charge is 0.0355 e. The zero-order valence-corrected chi connectivity index (χ0v) is 23.3. The maximum Gasteiger partial charge on any atom is 0.0355 e. The molecule has 2 heterocycles. The summed E-state index contributed by atoms with van der Waals surface area (Å²) in [5, 5.41) is 2.71. The lowest BCUT2D eigenvalue weighted by Gasteiger charge is -2.21. The molecule has 0 spiro atoms. The second-order valence-electron chi connectivity index (χ2n) is 10.1. The molecule has 40 heavy (non-hydrogen) atoms. The van der Waals surface area contributed by atoms with Gasteiger partial charge in [-0.1, -0.05) is 133 Å². The van der Waals surface area contributed by atoms with Crippen LogP contribution in [0.1, 0.15) is 0 Å². The fourth-order valence-corrected chi connectivity index (χ4v) is 7.93. The van der Waals surface area contributed by atoms with Crippen molar-refractivity contribution in [3.63, 3.8) is 0 Å². The highest BCUT2D eigenvalue weighted by Crippen LogP contribution is 2.50. The molecule has 0 aliphatic carbocycles. The van der Waals surface area contributed by atoms with Crippen molar-refractivity contribution in [2.24, 2.45) is 0 Å². The van der Waals surface area contributed by atoms with Gasteiger partial charge in [0, 0.05) is 24.9 Å². The minimum atomic E-state index is 1.24. The van der Waals surface area contributed by atoms with Gasteiger partial charge in [-0.3, -0.25) is 0 Å². The Hall–Kier alpha value is -4.37. The lowest BCUT2D eigenvalue weighted by molar-refractivity contribution is 1.40. The SMILES string of the molecule is c1ccc(-c2ccc(-c3ccc(-c4ccc(-c5ccc6c7c(cccc57)-c5ccccc5S6)s4)cc3)cc2)cc1. The summed E-state index contributed by atoms with van der Waals surface area (Å²) in [4.78, 5) is 5.28. The highest BCUT2D eigenvalue weighted by atomic mass is 32.2. The molecule has 0 atom stereocenters.